The molecule has 1 fully saturated rings. The lowest BCUT2D eigenvalue weighted by atomic mass is 9.95. The predicted octanol–water partition coefficient (Wildman–Crippen LogP) is 4.55. The molecule has 2 aromatic rings. The van der Waals surface area contributed by atoms with E-state index in [1.807, 2.05) is 24.3 Å². The van der Waals surface area contributed by atoms with E-state index in [0.29, 0.717) is 23.2 Å². The summed E-state index contributed by atoms with van der Waals surface area (Å²) in [5.41, 5.74) is 0.953. The van der Waals surface area contributed by atoms with Crippen LogP contribution in [0.1, 0.15) is 45.4 Å². The van der Waals surface area contributed by atoms with Gasteiger partial charge in [0.15, 0.2) is 11.0 Å². The summed E-state index contributed by atoms with van der Waals surface area (Å²) in [6.45, 7) is 2.84. The molecule has 3 rings (SSSR count). The third-order valence-corrected chi connectivity index (χ3v) is 5.85. The van der Waals surface area contributed by atoms with Crippen LogP contribution in [0.2, 0.25) is 5.02 Å². The van der Waals surface area contributed by atoms with Crippen molar-refractivity contribution in [2.75, 3.05) is 5.75 Å². The molecule has 1 N–H and O–H groups in total. The molecule has 26 heavy (non-hydrogen) atoms. The molecule has 7 heteroatoms. The van der Waals surface area contributed by atoms with Crippen molar-refractivity contribution >= 4 is 29.3 Å². The molecule has 1 aromatic carbocycles. The normalized spacial score (nSPS) is 15.2. The number of nitrogens with zero attached hydrogens (tertiary/aromatic N) is 3. The molecule has 0 radical (unpaired) electrons. The minimum absolute atomic E-state index is 0.141. The van der Waals surface area contributed by atoms with E-state index in [-0.39, 0.29) is 5.91 Å². The highest BCUT2D eigenvalue weighted by molar-refractivity contribution is 7.99. The van der Waals surface area contributed by atoms with Gasteiger partial charge < -0.3 is 9.88 Å². The Morgan fingerprint density at radius 2 is 2.12 bits per heavy atom. The quantitative estimate of drug-likeness (QED) is 0.702. The maximum Gasteiger partial charge on any atom is 0.221 e. The second-order valence-corrected chi connectivity index (χ2v) is 8.06. The number of nitrogens with one attached hydrogen (secondary N) is 1. The first kappa shape index (κ1) is 19.2. The number of thioether (sulfide) groups is 1. The third kappa shape index (κ3) is 5.01. The molecule has 1 aliphatic rings. The van der Waals surface area contributed by atoms with Crippen molar-refractivity contribution in [3.63, 3.8) is 0 Å². The lowest BCUT2D eigenvalue weighted by molar-refractivity contribution is -0.121. The average molecular weight is 393 g/mol. The monoisotopic (exact) mass is 392 g/mol. The van der Waals surface area contributed by atoms with Crippen molar-refractivity contribution in [1.82, 2.24) is 20.1 Å². The Kier molecular flexibility index (Phi) is 6.97. The zero-order chi connectivity index (χ0) is 18.4. The minimum Gasteiger partial charge on any atom is -0.353 e. The maximum atomic E-state index is 12.1. The molecule has 0 spiro atoms. The SMILES string of the molecule is CCn1c(SCCC(=O)NC2CCCCC2)nnc1-c1cccc(Cl)c1. The van der Waals surface area contributed by atoms with Crippen LogP contribution in [-0.2, 0) is 11.3 Å². The molecule has 0 unspecified atom stereocenters. The smallest absolute Gasteiger partial charge is 0.221 e. The number of aromatic nitrogens is 3. The first-order valence-corrected chi connectivity index (χ1v) is 10.6. The van der Waals surface area contributed by atoms with Gasteiger partial charge >= 0.3 is 0 Å². The molecule has 1 aliphatic carbocycles. The van der Waals surface area contributed by atoms with Gasteiger partial charge in [-0.2, -0.15) is 0 Å². The van der Waals surface area contributed by atoms with Crippen molar-refractivity contribution in [2.24, 2.45) is 0 Å². The van der Waals surface area contributed by atoms with Crippen LogP contribution in [0.4, 0.5) is 0 Å². The Labute approximate surface area is 163 Å². The summed E-state index contributed by atoms with van der Waals surface area (Å²) in [7, 11) is 0. The molecule has 5 nitrogen and oxygen atoms in total. The summed E-state index contributed by atoms with van der Waals surface area (Å²) in [4.78, 5) is 12.1. The first-order valence-electron chi connectivity index (χ1n) is 9.28. The van der Waals surface area contributed by atoms with E-state index < -0.39 is 0 Å². The zero-order valence-electron chi connectivity index (χ0n) is 15.1. The Hall–Kier alpha value is -1.53. The number of hydrogen-bond acceptors (Lipinski definition) is 4. The van der Waals surface area contributed by atoms with E-state index in [2.05, 4.69) is 27.0 Å². The summed E-state index contributed by atoms with van der Waals surface area (Å²) in [5.74, 6) is 1.65. The molecule has 1 heterocycles. The average Bonchev–Trinajstić information content (AvgIpc) is 3.05. The van der Waals surface area contributed by atoms with Gasteiger partial charge in [0.2, 0.25) is 5.91 Å². The zero-order valence-corrected chi connectivity index (χ0v) is 16.7. The molecule has 0 atom stereocenters. The third-order valence-electron chi connectivity index (χ3n) is 4.65. The first-order chi connectivity index (χ1) is 12.7. The van der Waals surface area contributed by atoms with Crippen molar-refractivity contribution < 1.29 is 4.79 Å². The van der Waals surface area contributed by atoms with Crippen LogP contribution in [0.3, 0.4) is 0 Å². The Morgan fingerprint density at radius 1 is 1.31 bits per heavy atom. The lowest BCUT2D eigenvalue weighted by Gasteiger charge is -2.22. The van der Waals surface area contributed by atoms with Crippen LogP contribution in [0.5, 0.6) is 0 Å². The van der Waals surface area contributed by atoms with Gasteiger partial charge in [0.05, 0.1) is 0 Å². The number of rotatable bonds is 7. The van der Waals surface area contributed by atoms with Crippen molar-refractivity contribution in [2.45, 2.75) is 63.2 Å². The van der Waals surface area contributed by atoms with E-state index in [1.165, 1.54) is 19.3 Å². The largest absolute Gasteiger partial charge is 0.353 e. The minimum atomic E-state index is 0.141. The van der Waals surface area contributed by atoms with Crippen LogP contribution >= 0.6 is 23.4 Å². The Morgan fingerprint density at radius 3 is 2.85 bits per heavy atom. The van der Waals surface area contributed by atoms with E-state index in [9.17, 15) is 4.79 Å². The highest BCUT2D eigenvalue weighted by Gasteiger charge is 2.17. The number of amides is 1. The molecule has 0 bridgehead atoms. The van der Waals surface area contributed by atoms with E-state index >= 15 is 0 Å². The van der Waals surface area contributed by atoms with Crippen molar-refractivity contribution in [1.29, 1.82) is 0 Å². The number of carbonyl (C=O) groups excluding carboxylic acids is 1. The number of hydrogen-bond donors (Lipinski definition) is 1. The van der Waals surface area contributed by atoms with Crippen LogP contribution in [0.25, 0.3) is 11.4 Å². The topological polar surface area (TPSA) is 59.8 Å². The van der Waals surface area contributed by atoms with Gasteiger partial charge in [-0.3, -0.25) is 4.79 Å². The van der Waals surface area contributed by atoms with E-state index in [1.54, 1.807) is 11.8 Å². The van der Waals surface area contributed by atoms with Gasteiger partial charge in [0, 0.05) is 35.3 Å². The maximum absolute atomic E-state index is 12.1. The van der Waals surface area contributed by atoms with Gasteiger partial charge in [-0.05, 0) is 31.9 Å². The van der Waals surface area contributed by atoms with E-state index in [0.717, 1.165) is 35.9 Å². The second kappa shape index (κ2) is 9.42. The number of carbonyl (C=O) groups is 1. The fourth-order valence-electron chi connectivity index (χ4n) is 3.30. The van der Waals surface area contributed by atoms with Crippen molar-refractivity contribution in [3.8, 4) is 11.4 Å². The summed E-state index contributed by atoms with van der Waals surface area (Å²) >= 11 is 7.67. The summed E-state index contributed by atoms with van der Waals surface area (Å²) < 4.78 is 2.06. The van der Waals surface area contributed by atoms with Crippen LogP contribution in [0, 0.1) is 0 Å². The molecular formula is C19H25ClN4OS. The van der Waals surface area contributed by atoms with Gasteiger partial charge in [-0.25, -0.2) is 0 Å². The highest BCUT2D eigenvalue weighted by Crippen LogP contribution is 2.26. The van der Waals surface area contributed by atoms with Gasteiger partial charge in [-0.1, -0.05) is 54.8 Å². The number of benzene rings is 1. The fraction of sp³-hybridized carbons (Fsp3) is 0.526. The summed E-state index contributed by atoms with van der Waals surface area (Å²) in [6.07, 6.45) is 6.49. The standard InChI is InChI=1S/C19H25ClN4OS/c1-2-24-18(14-7-6-8-15(20)13-14)22-23-19(24)26-12-11-17(25)21-16-9-4-3-5-10-16/h6-8,13,16H,2-5,9-12H2,1H3,(H,21,25). The Bertz CT molecular complexity index is 743. The molecule has 1 saturated carbocycles. The lowest BCUT2D eigenvalue weighted by Crippen LogP contribution is -2.36. The highest BCUT2D eigenvalue weighted by atomic mass is 35.5. The molecule has 1 amide bonds. The van der Waals surface area contributed by atoms with Crippen molar-refractivity contribution in [3.05, 3.63) is 29.3 Å². The number of halogens is 1. The molecule has 0 aliphatic heterocycles. The van der Waals surface area contributed by atoms with Crippen LogP contribution in [0.15, 0.2) is 29.4 Å². The summed E-state index contributed by atoms with van der Waals surface area (Å²) in [5, 5.41) is 13.3. The molecule has 140 valence electrons. The van der Waals surface area contributed by atoms with Crippen LogP contribution < -0.4 is 5.32 Å². The van der Waals surface area contributed by atoms with E-state index in [4.69, 9.17) is 11.6 Å². The Balaban J connectivity index is 1.56. The fourth-order valence-corrected chi connectivity index (χ4v) is 4.43. The van der Waals surface area contributed by atoms with Gasteiger partial charge in [-0.15, -0.1) is 10.2 Å². The van der Waals surface area contributed by atoms with Gasteiger partial charge in [0.25, 0.3) is 0 Å². The molecule has 1 aromatic heterocycles. The second-order valence-electron chi connectivity index (χ2n) is 6.56. The van der Waals surface area contributed by atoms with Gasteiger partial charge in [0.1, 0.15) is 0 Å². The van der Waals surface area contributed by atoms with Crippen LogP contribution in [-0.4, -0.2) is 32.5 Å². The molecule has 0 saturated heterocycles. The predicted molar refractivity (Wildman–Crippen MR) is 106 cm³/mol. The molecular weight excluding hydrogens is 368 g/mol. The summed E-state index contributed by atoms with van der Waals surface area (Å²) in [6, 6.07) is 8.00.